The van der Waals surface area contributed by atoms with Gasteiger partial charge in [0, 0.05) is 37.6 Å². The maximum absolute atomic E-state index is 12.7. The Morgan fingerprint density at radius 2 is 1.65 bits per heavy atom. The molecule has 3 amide bonds. The molecule has 2 aromatic rings. The number of ether oxygens (including phenoxy) is 2. The van der Waals surface area contributed by atoms with E-state index in [-0.39, 0.29) is 49.3 Å². The highest BCUT2D eigenvalue weighted by atomic mass is 16.5. The number of esters is 1. The van der Waals surface area contributed by atoms with Gasteiger partial charge in [-0.05, 0) is 43.3 Å². The molecule has 0 bridgehead atoms. The number of carbonyl (C=O) groups excluding carboxylic acids is 4. The molecule has 160 valence electrons. The quantitative estimate of drug-likeness (QED) is 0.404. The first-order valence-electron chi connectivity index (χ1n) is 10.2. The van der Waals surface area contributed by atoms with Crippen molar-refractivity contribution in [2.45, 2.75) is 26.2 Å². The van der Waals surface area contributed by atoms with Crippen molar-refractivity contribution in [3.05, 3.63) is 48.5 Å². The summed E-state index contributed by atoms with van der Waals surface area (Å²) in [6, 6.07) is 13.4. The SMILES string of the molecule is CCOc1ccc(N2CC(C(=O)Oc3cccc(N4C(=O)CCC4=O)c3)CC2=O)cc1. The fraction of sp³-hybridized carbons (Fsp3) is 0.304. The molecule has 2 saturated heterocycles. The molecule has 8 nitrogen and oxygen atoms in total. The van der Waals surface area contributed by atoms with Crippen LogP contribution in [0, 0.1) is 5.92 Å². The first kappa shape index (κ1) is 20.6. The molecule has 4 rings (SSSR count). The molecule has 1 atom stereocenters. The summed E-state index contributed by atoms with van der Waals surface area (Å²) in [7, 11) is 0. The Labute approximate surface area is 179 Å². The van der Waals surface area contributed by atoms with Gasteiger partial charge < -0.3 is 14.4 Å². The number of amides is 3. The molecule has 0 radical (unpaired) electrons. The van der Waals surface area contributed by atoms with Gasteiger partial charge in [0.05, 0.1) is 18.2 Å². The van der Waals surface area contributed by atoms with Crippen LogP contribution in [0.5, 0.6) is 11.5 Å². The van der Waals surface area contributed by atoms with Crippen LogP contribution >= 0.6 is 0 Å². The molecule has 1 unspecified atom stereocenters. The van der Waals surface area contributed by atoms with Crippen LogP contribution in [0.1, 0.15) is 26.2 Å². The molecule has 0 aromatic heterocycles. The minimum atomic E-state index is -0.613. The second kappa shape index (κ2) is 8.59. The van der Waals surface area contributed by atoms with Gasteiger partial charge >= 0.3 is 5.97 Å². The van der Waals surface area contributed by atoms with Gasteiger partial charge in [0.15, 0.2) is 0 Å². The van der Waals surface area contributed by atoms with Gasteiger partial charge in [-0.15, -0.1) is 0 Å². The number of hydrogen-bond donors (Lipinski definition) is 0. The molecule has 8 heteroatoms. The van der Waals surface area contributed by atoms with Crippen molar-refractivity contribution in [1.29, 1.82) is 0 Å². The van der Waals surface area contributed by atoms with Crippen molar-refractivity contribution in [2.75, 3.05) is 23.0 Å². The van der Waals surface area contributed by atoms with Gasteiger partial charge in [0.25, 0.3) is 0 Å². The van der Waals surface area contributed by atoms with E-state index in [1.54, 1.807) is 47.4 Å². The van der Waals surface area contributed by atoms with Crippen LogP contribution in [0.25, 0.3) is 0 Å². The van der Waals surface area contributed by atoms with Gasteiger partial charge in [0.1, 0.15) is 11.5 Å². The molecule has 2 aliphatic heterocycles. The first-order chi connectivity index (χ1) is 15.0. The number of hydrogen-bond acceptors (Lipinski definition) is 6. The Morgan fingerprint density at radius 1 is 0.935 bits per heavy atom. The zero-order valence-corrected chi connectivity index (χ0v) is 17.1. The van der Waals surface area contributed by atoms with Crippen LogP contribution in [0.2, 0.25) is 0 Å². The number of imide groups is 1. The van der Waals surface area contributed by atoms with Crippen LogP contribution in [0.4, 0.5) is 11.4 Å². The third-order valence-electron chi connectivity index (χ3n) is 5.26. The molecule has 2 aromatic carbocycles. The minimum Gasteiger partial charge on any atom is -0.494 e. The lowest BCUT2D eigenvalue weighted by molar-refractivity contribution is -0.139. The average Bonchev–Trinajstić information content (AvgIpc) is 3.31. The molecule has 2 heterocycles. The Morgan fingerprint density at radius 3 is 2.32 bits per heavy atom. The van der Waals surface area contributed by atoms with E-state index >= 15 is 0 Å². The summed E-state index contributed by atoms with van der Waals surface area (Å²) in [6.45, 7) is 2.66. The van der Waals surface area contributed by atoms with E-state index in [1.165, 1.54) is 6.07 Å². The number of nitrogens with zero attached hydrogens (tertiary/aromatic N) is 2. The molecular weight excluding hydrogens is 400 g/mol. The predicted octanol–water partition coefficient (Wildman–Crippen LogP) is 2.70. The minimum absolute atomic E-state index is 0.0504. The van der Waals surface area contributed by atoms with Crippen LogP contribution < -0.4 is 19.3 Å². The highest BCUT2D eigenvalue weighted by molar-refractivity contribution is 6.19. The number of rotatable bonds is 6. The highest BCUT2D eigenvalue weighted by Gasteiger charge is 2.37. The van der Waals surface area contributed by atoms with E-state index in [0.717, 1.165) is 4.90 Å². The molecule has 0 spiro atoms. The lowest BCUT2D eigenvalue weighted by Crippen LogP contribution is -2.29. The molecular formula is C23H22N2O6. The van der Waals surface area contributed by atoms with E-state index in [4.69, 9.17) is 9.47 Å². The van der Waals surface area contributed by atoms with Crippen molar-refractivity contribution in [3.8, 4) is 11.5 Å². The zero-order chi connectivity index (χ0) is 22.0. The monoisotopic (exact) mass is 422 g/mol. The van der Waals surface area contributed by atoms with Gasteiger partial charge in [-0.25, -0.2) is 0 Å². The topological polar surface area (TPSA) is 93.2 Å². The zero-order valence-electron chi connectivity index (χ0n) is 17.1. The smallest absolute Gasteiger partial charge is 0.316 e. The van der Waals surface area contributed by atoms with E-state index in [2.05, 4.69) is 0 Å². The molecule has 2 aliphatic rings. The normalized spacial score (nSPS) is 18.6. The highest BCUT2D eigenvalue weighted by Crippen LogP contribution is 2.30. The third kappa shape index (κ3) is 4.28. The van der Waals surface area contributed by atoms with E-state index in [9.17, 15) is 19.2 Å². The number of benzene rings is 2. The van der Waals surface area contributed by atoms with Gasteiger partial charge in [-0.1, -0.05) is 6.07 Å². The number of carbonyl (C=O) groups is 4. The summed E-state index contributed by atoms with van der Waals surface area (Å²) < 4.78 is 10.9. The summed E-state index contributed by atoms with van der Waals surface area (Å²) in [5.41, 5.74) is 1.06. The Bertz CT molecular complexity index is 1020. The Hall–Kier alpha value is -3.68. The largest absolute Gasteiger partial charge is 0.494 e. The second-order valence-electron chi connectivity index (χ2n) is 7.37. The van der Waals surface area contributed by atoms with Crippen LogP contribution in [-0.2, 0) is 19.2 Å². The lowest BCUT2D eigenvalue weighted by atomic mass is 10.1. The van der Waals surface area contributed by atoms with Gasteiger partial charge in [-0.3, -0.25) is 24.1 Å². The predicted molar refractivity (Wildman–Crippen MR) is 112 cm³/mol. The summed E-state index contributed by atoms with van der Waals surface area (Å²) in [4.78, 5) is 51.7. The Kier molecular flexibility index (Phi) is 5.70. The summed E-state index contributed by atoms with van der Waals surface area (Å²) >= 11 is 0. The molecule has 0 aliphatic carbocycles. The fourth-order valence-electron chi connectivity index (χ4n) is 3.75. The molecule has 0 saturated carbocycles. The standard InChI is InChI=1S/C23H22N2O6/c1-2-30-18-8-6-16(7-9-18)24-14-15(12-22(24)28)23(29)31-19-5-3-4-17(13-19)25-20(26)10-11-21(25)27/h3-9,13,15H,2,10-12,14H2,1H3. The van der Waals surface area contributed by atoms with Crippen molar-refractivity contribution < 1.29 is 28.7 Å². The van der Waals surface area contributed by atoms with Crippen molar-refractivity contribution in [3.63, 3.8) is 0 Å². The first-order valence-corrected chi connectivity index (χ1v) is 10.2. The lowest BCUT2D eigenvalue weighted by Gasteiger charge is -2.17. The van der Waals surface area contributed by atoms with E-state index < -0.39 is 11.9 Å². The summed E-state index contributed by atoms with van der Waals surface area (Å²) in [5, 5.41) is 0. The van der Waals surface area contributed by atoms with E-state index in [0.29, 0.717) is 23.7 Å². The fourth-order valence-corrected chi connectivity index (χ4v) is 3.75. The second-order valence-corrected chi connectivity index (χ2v) is 7.37. The third-order valence-corrected chi connectivity index (χ3v) is 5.26. The van der Waals surface area contributed by atoms with E-state index in [1.807, 2.05) is 6.92 Å². The van der Waals surface area contributed by atoms with Crippen LogP contribution in [-0.4, -0.2) is 36.8 Å². The summed E-state index contributed by atoms with van der Waals surface area (Å²) in [6.07, 6.45) is 0.400. The molecule has 2 fully saturated rings. The van der Waals surface area contributed by atoms with Crippen LogP contribution in [0.3, 0.4) is 0 Å². The van der Waals surface area contributed by atoms with Crippen molar-refractivity contribution in [2.24, 2.45) is 5.92 Å². The Balaban J connectivity index is 1.42. The molecule has 0 N–H and O–H groups in total. The maximum Gasteiger partial charge on any atom is 0.316 e. The van der Waals surface area contributed by atoms with Crippen molar-refractivity contribution in [1.82, 2.24) is 0 Å². The number of anilines is 2. The van der Waals surface area contributed by atoms with Gasteiger partial charge in [-0.2, -0.15) is 0 Å². The van der Waals surface area contributed by atoms with Crippen molar-refractivity contribution >= 4 is 35.1 Å². The maximum atomic E-state index is 12.7. The van der Waals surface area contributed by atoms with Gasteiger partial charge in [0.2, 0.25) is 17.7 Å². The summed E-state index contributed by atoms with van der Waals surface area (Å²) in [5.74, 6) is -0.920. The average molecular weight is 422 g/mol. The van der Waals surface area contributed by atoms with Crippen LogP contribution in [0.15, 0.2) is 48.5 Å². The molecule has 31 heavy (non-hydrogen) atoms.